The summed E-state index contributed by atoms with van der Waals surface area (Å²) in [6, 6.07) is 2.82. The van der Waals surface area contributed by atoms with Gasteiger partial charge in [-0.25, -0.2) is 4.39 Å². The Morgan fingerprint density at radius 2 is 2.33 bits per heavy atom. The van der Waals surface area contributed by atoms with Crippen molar-refractivity contribution in [2.24, 2.45) is 0 Å². The highest BCUT2D eigenvalue weighted by Crippen LogP contribution is 2.36. The maximum absolute atomic E-state index is 13.3. The monoisotopic (exact) mass is 229 g/mol. The highest BCUT2D eigenvalue weighted by molar-refractivity contribution is 6.32. The van der Waals surface area contributed by atoms with E-state index in [1.54, 1.807) is 0 Å². The SMILES string of the molecule is COc1cc(F)cc(C2CCNC2)c1Cl. The minimum atomic E-state index is -0.293. The molecule has 2 rings (SSSR count). The van der Waals surface area contributed by atoms with E-state index in [2.05, 4.69) is 5.32 Å². The van der Waals surface area contributed by atoms with Gasteiger partial charge in [-0.15, -0.1) is 0 Å². The van der Waals surface area contributed by atoms with Crippen molar-refractivity contribution in [1.82, 2.24) is 5.32 Å². The Morgan fingerprint density at radius 1 is 1.53 bits per heavy atom. The summed E-state index contributed by atoms with van der Waals surface area (Å²) in [4.78, 5) is 0. The maximum Gasteiger partial charge on any atom is 0.140 e. The second-order valence-electron chi connectivity index (χ2n) is 3.70. The summed E-state index contributed by atoms with van der Waals surface area (Å²) in [6.07, 6.45) is 0.992. The van der Waals surface area contributed by atoms with Crippen LogP contribution in [0.15, 0.2) is 12.1 Å². The Labute approximate surface area is 93.4 Å². The van der Waals surface area contributed by atoms with Crippen LogP contribution in [0.2, 0.25) is 5.02 Å². The number of halogens is 2. The van der Waals surface area contributed by atoms with Gasteiger partial charge in [0.25, 0.3) is 0 Å². The quantitative estimate of drug-likeness (QED) is 0.842. The standard InChI is InChI=1S/C11H13ClFNO/c1-15-10-5-8(13)4-9(11(10)12)7-2-3-14-6-7/h4-5,7,14H,2-3,6H2,1H3. The Bertz CT molecular complexity index is 364. The smallest absolute Gasteiger partial charge is 0.140 e. The van der Waals surface area contributed by atoms with E-state index < -0.39 is 0 Å². The van der Waals surface area contributed by atoms with Crippen molar-refractivity contribution in [1.29, 1.82) is 0 Å². The normalized spacial score (nSPS) is 20.6. The van der Waals surface area contributed by atoms with Crippen LogP contribution < -0.4 is 10.1 Å². The molecular weight excluding hydrogens is 217 g/mol. The molecular formula is C11H13ClFNO. The third-order valence-corrected chi connectivity index (χ3v) is 3.16. The summed E-state index contributed by atoms with van der Waals surface area (Å²) in [5.41, 5.74) is 0.846. The van der Waals surface area contributed by atoms with E-state index in [0.29, 0.717) is 16.7 Å². The van der Waals surface area contributed by atoms with E-state index >= 15 is 0 Å². The second-order valence-corrected chi connectivity index (χ2v) is 4.08. The van der Waals surface area contributed by atoms with Crippen LogP contribution >= 0.6 is 11.6 Å². The molecule has 15 heavy (non-hydrogen) atoms. The predicted octanol–water partition coefficient (Wildman–Crippen LogP) is 2.56. The number of hydrogen-bond donors (Lipinski definition) is 1. The topological polar surface area (TPSA) is 21.3 Å². The maximum atomic E-state index is 13.3. The molecule has 1 aromatic carbocycles. The van der Waals surface area contributed by atoms with Gasteiger partial charge in [0.05, 0.1) is 12.1 Å². The van der Waals surface area contributed by atoms with Gasteiger partial charge in [-0.05, 0) is 30.5 Å². The van der Waals surface area contributed by atoms with Crippen LogP contribution in [-0.4, -0.2) is 20.2 Å². The molecule has 0 radical (unpaired) electrons. The fourth-order valence-corrected chi connectivity index (χ4v) is 2.29. The molecule has 0 saturated carbocycles. The number of benzene rings is 1. The van der Waals surface area contributed by atoms with Gasteiger partial charge >= 0.3 is 0 Å². The van der Waals surface area contributed by atoms with Crippen molar-refractivity contribution in [3.05, 3.63) is 28.5 Å². The molecule has 1 aliphatic heterocycles. The molecule has 0 spiro atoms. The van der Waals surface area contributed by atoms with Crippen molar-refractivity contribution in [2.45, 2.75) is 12.3 Å². The molecule has 1 N–H and O–H groups in total. The lowest BCUT2D eigenvalue weighted by molar-refractivity contribution is 0.410. The minimum absolute atomic E-state index is 0.293. The molecule has 1 aliphatic rings. The average molecular weight is 230 g/mol. The number of ether oxygens (including phenoxy) is 1. The third-order valence-electron chi connectivity index (χ3n) is 2.75. The van der Waals surface area contributed by atoms with Gasteiger partial charge < -0.3 is 10.1 Å². The summed E-state index contributed by atoms with van der Waals surface area (Å²) in [5.74, 6) is 0.416. The van der Waals surface area contributed by atoms with Crippen LogP contribution in [0, 0.1) is 5.82 Å². The largest absolute Gasteiger partial charge is 0.495 e. The molecule has 0 bridgehead atoms. The minimum Gasteiger partial charge on any atom is -0.495 e. The van der Waals surface area contributed by atoms with Crippen molar-refractivity contribution < 1.29 is 9.13 Å². The number of methoxy groups -OCH3 is 1. The van der Waals surface area contributed by atoms with E-state index in [4.69, 9.17) is 16.3 Å². The molecule has 2 nitrogen and oxygen atoms in total. The van der Waals surface area contributed by atoms with Crippen LogP contribution in [0.4, 0.5) is 4.39 Å². The van der Waals surface area contributed by atoms with Crippen LogP contribution in [0.25, 0.3) is 0 Å². The van der Waals surface area contributed by atoms with Gasteiger partial charge in [0, 0.05) is 12.6 Å². The van der Waals surface area contributed by atoms with Crippen LogP contribution in [0.1, 0.15) is 17.9 Å². The molecule has 1 aromatic rings. The van der Waals surface area contributed by atoms with Gasteiger partial charge in [0.15, 0.2) is 0 Å². The summed E-state index contributed by atoms with van der Waals surface area (Å²) in [6.45, 7) is 1.81. The first-order valence-corrected chi connectivity index (χ1v) is 5.34. The van der Waals surface area contributed by atoms with Crippen LogP contribution in [0.5, 0.6) is 5.75 Å². The third kappa shape index (κ3) is 2.08. The van der Waals surface area contributed by atoms with Crippen molar-refractivity contribution in [3.63, 3.8) is 0 Å². The number of rotatable bonds is 2. The van der Waals surface area contributed by atoms with Crippen LogP contribution in [-0.2, 0) is 0 Å². The van der Waals surface area contributed by atoms with E-state index in [1.165, 1.54) is 19.2 Å². The lowest BCUT2D eigenvalue weighted by Crippen LogP contribution is -2.08. The van der Waals surface area contributed by atoms with Gasteiger partial charge in [-0.1, -0.05) is 11.6 Å². The van der Waals surface area contributed by atoms with E-state index in [1.807, 2.05) is 0 Å². The summed E-state index contributed by atoms with van der Waals surface area (Å²) in [7, 11) is 1.50. The Morgan fingerprint density at radius 3 is 2.93 bits per heavy atom. The highest BCUT2D eigenvalue weighted by Gasteiger charge is 2.21. The predicted molar refractivity (Wildman–Crippen MR) is 58.2 cm³/mol. The average Bonchev–Trinajstić information content (AvgIpc) is 2.74. The fourth-order valence-electron chi connectivity index (χ4n) is 1.95. The van der Waals surface area contributed by atoms with Crippen LogP contribution in [0.3, 0.4) is 0 Å². The lowest BCUT2D eigenvalue weighted by Gasteiger charge is -2.13. The van der Waals surface area contributed by atoms with Crippen molar-refractivity contribution in [3.8, 4) is 5.75 Å². The van der Waals surface area contributed by atoms with Gasteiger partial charge in [-0.3, -0.25) is 0 Å². The summed E-state index contributed by atoms with van der Waals surface area (Å²) < 4.78 is 18.3. The van der Waals surface area contributed by atoms with E-state index in [0.717, 1.165) is 25.1 Å². The zero-order valence-corrected chi connectivity index (χ0v) is 9.27. The molecule has 1 atom stereocenters. The van der Waals surface area contributed by atoms with E-state index in [9.17, 15) is 4.39 Å². The Balaban J connectivity index is 2.40. The molecule has 0 aromatic heterocycles. The first-order chi connectivity index (χ1) is 7.22. The molecule has 1 fully saturated rings. The Hall–Kier alpha value is -0.800. The van der Waals surface area contributed by atoms with E-state index in [-0.39, 0.29) is 5.82 Å². The molecule has 0 amide bonds. The number of hydrogen-bond acceptors (Lipinski definition) is 2. The summed E-state index contributed by atoms with van der Waals surface area (Å²) >= 11 is 6.14. The summed E-state index contributed by atoms with van der Waals surface area (Å²) in [5, 5.41) is 3.77. The molecule has 0 aliphatic carbocycles. The molecule has 4 heteroatoms. The Kier molecular flexibility index (Phi) is 3.12. The first kappa shape index (κ1) is 10.7. The van der Waals surface area contributed by atoms with Gasteiger partial charge in [-0.2, -0.15) is 0 Å². The van der Waals surface area contributed by atoms with Gasteiger partial charge in [0.1, 0.15) is 11.6 Å². The molecule has 1 saturated heterocycles. The molecule has 1 unspecified atom stereocenters. The number of nitrogens with one attached hydrogen (secondary N) is 1. The van der Waals surface area contributed by atoms with Crippen molar-refractivity contribution in [2.75, 3.05) is 20.2 Å². The fraction of sp³-hybridized carbons (Fsp3) is 0.455. The highest BCUT2D eigenvalue weighted by atomic mass is 35.5. The first-order valence-electron chi connectivity index (χ1n) is 4.96. The lowest BCUT2D eigenvalue weighted by atomic mass is 9.98. The zero-order valence-electron chi connectivity index (χ0n) is 8.52. The zero-order chi connectivity index (χ0) is 10.8. The van der Waals surface area contributed by atoms with Gasteiger partial charge in [0.2, 0.25) is 0 Å². The molecule has 1 heterocycles. The van der Waals surface area contributed by atoms with Crippen molar-refractivity contribution >= 4 is 11.6 Å². The second kappa shape index (κ2) is 4.37. The molecule has 82 valence electrons.